The zero-order valence-corrected chi connectivity index (χ0v) is 16.9. The van der Waals surface area contributed by atoms with Crippen LogP contribution in [0.25, 0.3) is 0 Å². The Bertz CT molecular complexity index is 956. The number of halogens is 1. The van der Waals surface area contributed by atoms with E-state index in [4.69, 9.17) is 5.11 Å². The van der Waals surface area contributed by atoms with Gasteiger partial charge in [0.15, 0.2) is 0 Å². The molecule has 6 heteroatoms. The number of hydrogen-bond acceptors (Lipinski definition) is 3. The summed E-state index contributed by atoms with van der Waals surface area (Å²) in [6.45, 7) is 2.42. The molecule has 158 valence electrons. The third-order valence-electron chi connectivity index (χ3n) is 5.36. The number of amides is 1. The number of aromatic carboxylic acids is 1. The number of nitrogens with zero attached hydrogens (tertiary/aromatic N) is 1. The van der Waals surface area contributed by atoms with Crippen molar-refractivity contribution in [1.29, 1.82) is 0 Å². The molecule has 0 spiro atoms. The zero-order chi connectivity index (χ0) is 21.7. The summed E-state index contributed by atoms with van der Waals surface area (Å²) in [5.74, 6) is -2.05. The minimum atomic E-state index is -1.30. The van der Waals surface area contributed by atoms with Gasteiger partial charge in [0.05, 0.1) is 17.7 Å². The Hall–Kier alpha value is -2.99. The molecule has 0 saturated carbocycles. The molecule has 0 aliphatic carbocycles. The summed E-state index contributed by atoms with van der Waals surface area (Å²) in [4.78, 5) is 24.9. The van der Waals surface area contributed by atoms with Crippen LogP contribution < -0.4 is 0 Å². The number of aliphatic hydroxyl groups is 1. The van der Waals surface area contributed by atoms with Crippen LogP contribution in [0.4, 0.5) is 4.39 Å². The SMILES string of the molecule is Cc1cccc(C[C@H](O)C=C[C@H]2CCC(=O)N2CCc2ccc(C(=O)O)c(F)c2)c1. The average molecular weight is 411 g/mol. The second-order valence-corrected chi connectivity index (χ2v) is 7.71. The van der Waals surface area contributed by atoms with Crippen molar-refractivity contribution in [2.75, 3.05) is 6.54 Å². The van der Waals surface area contributed by atoms with Gasteiger partial charge >= 0.3 is 5.97 Å². The van der Waals surface area contributed by atoms with Crippen molar-refractivity contribution in [1.82, 2.24) is 4.90 Å². The predicted octanol–water partition coefficient (Wildman–Crippen LogP) is 3.53. The van der Waals surface area contributed by atoms with Crippen LogP contribution in [-0.2, 0) is 17.6 Å². The Kier molecular flexibility index (Phi) is 7.00. The minimum absolute atomic E-state index is 0.0282. The highest BCUT2D eigenvalue weighted by molar-refractivity contribution is 5.87. The molecule has 2 aromatic carbocycles. The van der Waals surface area contributed by atoms with Crippen molar-refractivity contribution in [2.45, 2.75) is 44.8 Å². The summed E-state index contributed by atoms with van der Waals surface area (Å²) in [5, 5.41) is 19.3. The summed E-state index contributed by atoms with van der Waals surface area (Å²) in [6.07, 6.45) is 5.03. The van der Waals surface area contributed by atoms with E-state index in [1.165, 1.54) is 12.1 Å². The smallest absolute Gasteiger partial charge is 0.338 e. The third-order valence-corrected chi connectivity index (χ3v) is 5.36. The quantitative estimate of drug-likeness (QED) is 0.652. The fourth-order valence-corrected chi connectivity index (χ4v) is 3.79. The lowest BCUT2D eigenvalue weighted by Gasteiger charge is -2.23. The van der Waals surface area contributed by atoms with Crippen LogP contribution in [0.15, 0.2) is 54.6 Å². The molecule has 0 unspecified atom stereocenters. The topological polar surface area (TPSA) is 77.8 Å². The van der Waals surface area contributed by atoms with Crippen LogP contribution in [-0.4, -0.2) is 45.7 Å². The van der Waals surface area contributed by atoms with Crippen LogP contribution in [0.1, 0.15) is 39.9 Å². The fourth-order valence-electron chi connectivity index (χ4n) is 3.79. The summed E-state index contributed by atoms with van der Waals surface area (Å²) in [7, 11) is 0. The fraction of sp³-hybridized carbons (Fsp3) is 0.333. The maximum atomic E-state index is 13.9. The van der Waals surface area contributed by atoms with Crippen molar-refractivity contribution in [3.63, 3.8) is 0 Å². The normalized spacial score (nSPS) is 17.6. The Balaban J connectivity index is 1.59. The largest absolute Gasteiger partial charge is 0.478 e. The second kappa shape index (κ2) is 9.67. The minimum Gasteiger partial charge on any atom is -0.478 e. The molecule has 0 radical (unpaired) electrons. The van der Waals surface area contributed by atoms with Crippen LogP contribution >= 0.6 is 0 Å². The van der Waals surface area contributed by atoms with Gasteiger partial charge in [-0.2, -0.15) is 0 Å². The van der Waals surface area contributed by atoms with E-state index in [0.29, 0.717) is 37.8 Å². The molecule has 2 aromatic rings. The molecule has 0 bridgehead atoms. The van der Waals surface area contributed by atoms with Crippen molar-refractivity contribution in [3.8, 4) is 0 Å². The van der Waals surface area contributed by atoms with Gasteiger partial charge < -0.3 is 15.1 Å². The molecule has 1 aliphatic heterocycles. The van der Waals surface area contributed by atoms with Gasteiger partial charge in [0.25, 0.3) is 0 Å². The number of carbonyl (C=O) groups is 2. The number of aryl methyl sites for hydroxylation is 1. The molecule has 5 nitrogen and oxygen atoms in total. The predicted molar refractivity (Wildman–Crippen MR) is 112 cm³/mol. The highest BCUT2D eigenvalue weighted by Crippen LogP contribution is 2.21. The third kappa shape index (κ3) is 5.54. The van der Waals surface area contributed by atoms with Gasteiger partial charge in [-0.15, -0.1) is 0 Å². The zero-order valence-electron chi connectivity index (χ0n) is 16.9. The van der Waals surface area contributed by atoms with Crippen LogP contribution in [0.5, 0.6) is 0 Å². The van der Waals surface area contributed by atoms with Gasteiger partial charge in [-0.3, -0.25) is 4.79 Å². The summed E-state index contributed by atoms with van der Waals surface area (Å²) in [5.41, 5.74) is 2.47. The number of carboxylic acids is 1. The highest BCUT2D eigenvalue weighted by atomic mass is 19.1. The van der Waals surface area contributed by atoms with E-state index in [2.05, 4.69) is 0 Å². The number of likely N-dealkylation sites (tertiary alicyclic amines) is 1. The van der Waals surface area contributed by atoms with Crippen molar-refractivity contribution in [2.24, 2.45) is 0 Å². The second-order valence-electron chi connectivity index (χ2n) is 7.71. The van der Waals surface area contributed by atoms with E-state index in [1.807, 2.05) is 37.3 Å². The molecule has 2 N–H and O–H groups in total. The first kappa shape index (κ1) is 21.7. The van der Waals surface area contributed by atoms with E-state index >= 15 is 0 Å². The molecule has 30 heavy (non-hydrogen) atoms. The number of carboxylic acid groups (broad SMARTS) is 1. The van der Waals surface area contributed by atoms with Crippen LogP contribution in [0, 0.1) is 12.7 Å². The Morgan fingerprint density at radius 1 is 1.27 bits per heavy atom. The maximum absolute atomic E-state index is 13.9. The Labute approximate surface area is 175 Å². The molecule has 1 aliphatic rings. The number of rotatable bonds is 8. The molecule has 1 saturated heterocycles. The van der Waals surface area contributed by atoms with E-state index < -0.39 is 17.9 Å². The summed E-state index contributed by atoms with van der Waals surface area (Å²) >= 11 is 0. The number of carbonyl (C=O) groups excluding carboxylic acids is 1. The Morgan fingerprint density at radius 3 is 2.77 bits per heavy atom. The highest BCUT2D eigenvalue weighted by Gasteiger charge is 2.28. The van der Waals surface area contributed by atoms with Crippen LogP contribution in [0.2, 0.25) is 0 Å². The Morgan fingerprint density at radius 2 is 2.07 bits per heavy atom. The van der Waals surface area contributed by atoms with Crippen LogP contribution in [0.3, 0.4) is 0 Å². The standard InChI is InChI=1S/C24H26FNO4/c1-16-3-2-4-18(13-16)14-20(27)8-6-19-7-10-23(28)26(19)12-11-17-5-9-21(24(29)30)22(25)15-17/h2-6,8-9,13,15,19-20,27H,7,10-12,14H2,1H3,(H,29,30)/t19-,20+/m0/s1. The van der Waals surface area contributed by atoms with Crippen molar-refractivity contribution < 1.29 is 24.2 Å². The molecule has 0 aromatic heterocycles. The molecular formula is C24H26FNO4. The molecule has 3 rings (SSSR count). The van der Waals surface area contributed by atoms with Gasteiger partial charge in [-0.05, 0) is 43.0 Å². The maximum Gasteiger partial charge on any atom is 0.338 e. The van der Waals surface area contributed by atoms with Gasteiger partial charge in [-0.25, -0.2) is 9.18 Å². The van der Waals surface area contributed by atoms with E-state index in [1.54, 1.807) is 17.0 Å². The van der Waals surface area contributed by atoms with Crippen molar-refractivity contribution >= 4 is 11.9 Å². The van der Waals surface area contributed by atoms with E-state index in [-0.39, 0.29) is 17.5 Å². The number of benzene rings is 2. The van der Waals surface area contributed by atoms with E-state index in [9.17, 15) is 19.1 Å². The van der Waals surface area contributed by atoms with Gasteiger partial charge in [0.1, 0.15) is 5.82 Å². The van der Waals surface area contributed by atoms with Gasteiger partial charge in [-0.1, -0.05) is 48.0 Å². The average Bonchev–Trinajstić information content (AvgIpc) is 3.04. The lowest BCUT2D eigenvalue weighted by atomic mass is 10.0. The molecular weight excluding hydrogens is 385 g/mol. The van der Waals surface area contributed by atoms with Crippen molar-refractivity contribution in [3.05, 3.63) is 82.7 Å². The van der Waals surface area contributed by atoms with E-state index in [0.717, 1.165) is 11.1 Å². The first-order valence-electron chi connectivity index (χ1n) is 10.1. The molecule has 1 heterocycles. The lowest BCUT2D eigenvalue weighted by Crippen LogP contribution is -2.33. The lowest BCUT2D eigenvalue weighted by molar-refractivity contribution is -0.128. The first-order valence-corrected chi connectivity index (χ1v) is 10.1. The first-order chi connectivity index (χ1) is 14.3. The molecule has 1 amide bonds. The monoisotopic (exact) mass is 411 g/mol. The van der Waals surface area contributed by atoms with Gasteiger partial charge in [0.2, 0.25) is 5.91 Å². The number of aliphatic hydroxyl groups excluding tert-OH is 1. The molecule has 1 fully saturated rings. The summed E-state index contributed by atoms with van der Waals surface area (Å²) < 4.78 is 13.9. The number of hydrogen-bond donors (Lipinski definition) is 2. The summed E-state index contributed by atoms with van der Waals surface area (Å²) in [6, 6.07) is 11.9. The van der Waals surface area contributed by atoms with Gasteiger partial charge in [0, 0.05) is 19.4 Å². The molecule has 2 atom stereocenters.